The number of hydrogen-bond donors (Lipinski definition) is 10. The maximum Gasteiger partial charge on any atom is 0.326 e. The van der Waals surface area contributed by atoms with Crippen LogP contribution in [0.3, 0.4) is 0 Å². The highest BCUT2D eigenvalue weighted by Crippen LogP contribution is 2.19. The van der Waals surface area contributed by atoms with Gasteiger partial charge in [-0.1, -0.05) is 30.3 Å². The molecule has 0 aliphatic carbocycles. The first-order valence-corrected chi connectivity index (χ1v) is 14.5. The van der Waals surface area contributed by atoms with Gasteiger partial charge in [0.15, 0.2) is 5.96 Å². The number of carboxylic acids is 1. The lowest BCUT2D eigenvalue weighted by Crippen LogP contribution is -2.58. The Morgan fingerprint density at radius 3 is 2.18 bits per heavy atom. The molecule has 0 aliphatic rings. The molecule has 0 bridgehead atoms. The Bertz CT molecular complexity index is 1470. The van der Waals surface area contributed by atoms with Gasteiger partial charge in [0.1, 0.15) is 23.9 Å². The molecule has 15 heteroatoms. The van der Waals surface area contributed by atoms with Gasteiger partial charge in [-0.2, -0.15) is 12.6 Å². The second-order valence-corrected chi connectivity index (χ2v) is 10.6. The van der Waals surface area contributed by atoms with E-state index >= 15 is 0 Å². The number of rotatable bonds is 16. The average Bonchev–Trinajstić information content (AvgIpc) is 3.40. The fourth-order valence-electron chi connectivity index (χ4n) is 4.49. The van der Waals surface area contributed by atoms with Crippen molar-refractivity contribution in [2.24, 2.45) is 22.2 Å². The van der Waals surface area contributed by atoms with E-state index in [1.807, 2.05) is 24.3 Å². The van der Waals surface area contributed by atoms with E-state index in [2.05, 4.69) is 38.6 Å². The summed E-state index contributed by atoms with van der Waals surface area (Å²) in [7, 11) is 0. The molecule has 4 unspecified atom stereocenters. The van der Waals surface area contributed by atoms with Crippen LogP contribution in [0.2, 0.25) is 0 Å². The van der Waals surface area contributed by atoms with E-state index in [-0.39, 0.29) is 49.7 Å². The van der Waals surface area contributed by atoms with Crippen molar-refractivity contribution in [3.8, 4) is 5.75 Å². The number of nitrogens with two attached hydrogens (primary N) is 3. The molecule has 0 spiro atoms. The highest BCUT2D eigenvalue weighted by Gasteiger charge is 2.30. The van der Waals surface area contributed by atoms with E-state index in [0.29, 0.717) is 11.1 Å². The lowest BCUT2D eigenvalue weighted by Gasteiger charge is -2.24. The van der Waals surface area contributed by atoms with Gasteiger partial charge in [-0.15, -0.1) is 0 Å². The molecular formula is C29H38N8O6S. The number of carbonyl (C=O) groups is 4. The molecule has 236 valence electrons. The van der Waals surface area contributed by atoms with Crippen molar-refractivity contribution in [2.45, 2.75) is 49.9 Å². The van der Waals surface area contributed by atoms with Crippen LogP contribution in [0.25, 0.3) is 10.9 Å². The molecule has 3 rings (SSSR count). The second-order valence-electron chi connectivity index (χ2n) is 10.2. The van der Waals surface area contributed by atoms with Gasteiger partial charge in [0.05, 0.1) is 6.04 Å². The van der Waals surface area contributed by atoms with Crippen LogP contribution in [-0.4, -0.2) is 81.3 Å². The molecule has 4 atom stereocenters. The third kappa shape index (κ3) is 9.91. The Morgan fingerprint density at radius 2 is 1.52 bits per heavy atom. The highest BCUT2D eigenvalue weighted by molar-refractivity contribution is 7.80. The predicted molar refractivity (Wildman–Crippen MR) is 169 cm³/mol. The van der Waals surface area contributed by atoms with Gasteiger partial charge in [0.25, 0.3) is 0 Å². The first kappa shape index (κ1) is 33.7. The number of amides is 3. The van der Waals surface area contributed by atoms with Crippen LogP contribution < -0.4 is 33.2 Å². The van der Waals surface area contributed by atoms with Gasteiger partial charge in [-0.25, -0.2) is 4.79 Å². The van der Waals surface area contributed by atoms with Gasteiger partial charge in [0.2, 0.25) is 17.7 Å². The van der Waals surface area contributed by atoms with Crippen LogP contribution in [0.4, 0.5) is 0 Å². The summed E-state index contributed by atoms with van der Waals surface area (Å²) in [5.74, 6) is -3.47. The molecule has 0 saturated heterocycles. The van der Waals surface area contributed by atoms with Gasteiger partial charge < -0.3 is 48.3 Å². The van der Waals surface area contributed by atoms with E-state index < -0.39 is 47.9 Å². The standard InChI is InChI=1S/C29H38N8O6S/c30-20(12-16-7-9-18(38)10-8-16)25(39)37-24(15-44)27(41)36-23(13-17-14-34-21-5-2-1-4-19(17)21)26(40)35-22(28(42)43)6-3-11-33-29(31)32/h1-2,4-5,7-10,14,20,22-24,34,38,44H,3,6,11-13,15,30H2,(H,35,40)(H,36,41)(H,37,39)(H,42,43)(H4,31,32,33). The van der Waals surface area contributed by atoms with Crippen molar-refractivity contribution in [3.63, 3.8) is 0 Å². The molecule has 44 heavy (non-hydrogen) atoms. The topological polar surface area (TPSA) is 251 Å². The number of phenolic OH excluding ortho intramolecular Hbond substituents is 1. The number of nitrogens with zero attached hydrogens (tertiary/aromatic N) is 1. The third-order valence-corrected chi connectivity index (χ3v) is 7.20. The lowest BCUT2D eigenvalue weighted by atomic mass is 10.0. The molecule has 12 N–H and O–H groups in total. The number of aromatic nitrogens is 1. The second kappa shape index (κ2) is 16.2. The van der Waals surface area contributed by atoms with Crippen LogP contribution in [0.15, 0.2) is 59.7 Å². The molecule has 3 amide bonds. The van der Waals surface area contributed by atoms with Crippen LogP contribution in [0.1, 0.15) is 24.0 Å². The lowest BCUT2D eigenvalue weighted by molar-refractivity contribution is -0.142. The minimum atomic E-state index is -1.27. The largest absolute Gasteiger partial charge is 0.508 e. The number of nitrogens with one attached hydrogen (secondary N) is 4. The van der Waals surface area contributed by atoms with Crippen molar-refractivity contribution in [1.82, 2.24) is 20.9 Å². The monoisotopic (exact) mass is 626 g/mol. The molecule has 2 aromatic carbocycles. The Hall–Kier alpha value is -4.76. The number of para-hydroxylation sites is 1. The number of H-pyrrole nitrogens is 1. The number of carboxylic acid groups (broad SMARTS) is 1. The van der Waals surface area contributed by atoms with Crippen LogP contribution in [-0.2, 0) is 32.0 Å². The number of carbonyl (C=O) groups excluding carboxylic acids is 3. The third-order valence-electron chi connectivity index (χ3n) is 6.84. The van der Waals surface area contributed by atoms with Crippen molar-refractivity contribution < 1.29 is 29.4 Å². The molecule has 0 fully saturated rings. The number of aliphatic imine (C=N–C) groups is 1. The van der Waals surface area contributed by atoms with Gasteiger partial charge in [-0.05, 0) is 48.6 Å². The van der Waals surface area contributed by atoms with Crippen molar-refractivity contribution >= 4 is 53.2 Å². The smallest absolute Gasteiger partial charge is 0.326 e. The van der Waals surface area contributed by atoms with Gasteiger partial charge in [-0.3, -0.25) is 19.4 Å². The number of phenols is 1. The summed E-state index contributed by atoms with van der Waals surface area (Å²) in [4.78, 5) is 58.5. The van der Waals surface area contributed by atoms with E-state index in [4.69, 9.17) is 17.2 Å². The SMILES string of the molecule is NC(N)=NCCCC(NC(=O)C(Cc1c[nH]c2ccccc12)NC(=O)C(CS)NC(=O)C(N)Cc1ccc(O)cc1)C(=O)O. The number of guanidine groups is 1. The molecule has 1 aromatic heterocycles. The fourth-order valence-corrected chi connectivity index (χ4v) is 4.74. The maximum absolute atomic E-state index is 13.5. The molecule has 3 aromatic rings. The Morgan fingerprint density at radius 1 is 0.886 bits per heavy atom. The van der Waals surface area contributed by atoms with Crippen LogP contribution in [0, 0.1) is 0 Å². The first-order valence-electron chi connectivity index (χ1n) is 13.9. The summed E-state index contributed by atoms with van der Waals surface area (Å²) >= 11 is 4.21. The quantitative estimate of drug-likeness (QED) is 0.0425. The summed E-state index contributed by atoms with van der Waals surface area (Å²) in [6, 6.07) is 8.98. The fraction of sp³-hybridized carbons (Fsp3) is 0.345. The van der Waals surface area contributed by atoms with Gasteiger partial charge in [0, 0.05) is 35.8 Å². The average molecular weight is 627 g/mol. The number of benzene rings is 2. The van der Waals surface area contributed by atoms with E-state index in [1.165, 1.54) is 12.1 Å². The number of aromatic hydroxyl groups is 1. The molecule has 14 nitrogen and oxygen atoms in total. The van der Waals surface area contributed by atoms with Crippen molar-refractivity contribution in [2.75, 3.05) is 12.3 Å². The number of fused-ring (bicyclic) bond motifs is 1. The van der Waals surface area contributed by atoms with E-state index in [9.17, 15) is 29.4 Å². The number of thiol groups is 1. The van der Waals surface area contributed by atoms with Crippen molar-refractivity contribution in [1.29, 1.82) is 0 Å². The summed E-state index contributed by atoms with van der Waals surface area (Å²) in [5, 5.41) is 27.7. The first-order chi connectivity index (χ1) is 21.0. The van der Waals surface area contributed by atoms with Gasteiger partial charge >= 0.3 is 5.97 Å². The molecular weight excluding hydrogens is 588 g/mol. The van der Waals surface area contributed by atoms with E-state index in [1.54, 1.807) is 18.3 Å². The zero-order chi connectivity index (χ0) is 32.2. The Labute approximate surface area is 259 Å². The zero-order valence-corrected chi connectivity index (χ0v) is 24.8. The van der Waals surface area contributed by atoms with E-state index in [0.717, 1.165) is 10.9 Å². The minimum Gasteiger partial charge on any atom is -0.508 e. The number of aromatic amines is 1. The van der Waals surface area contributed by atoms with Crippen LogP contribution >= 0.6 is 12.6 Å². The highest BCUT2D eigenvalue weighted by atomic mass is 32.1. The predicted octanol–water partition coefficient (Wildman–Crippen LogP) is -0.492. The zero-order valence-electron chi connectivity index (χ0n) is 23.9. The number of hydrogen-bond acceptors (Lipinski definition) is 8. The molecule has 1 heterocycles. The van der Waals surface area contributed by atoms with Crippen molar-refractivity contribution in [3.05, 3.63) is 65.9 Å². The normalized spacial score (nSPS) is 13.7. The molecule has 0 saturated carbocycles. The summed E-state index contributed by atoms with van der Waals surface area (Å²) in [6.07, 6.45) is 2.21. The molecule has 0 aliphatic heterocycles. The number of aliphatic carboxylic acids is 1. The summed E-state index contributed by atoms with van der Waals surface area (Å²) in [5.41, 5.74) is 18.9. The minimum absolute atomic E-state index is 0.0233. The summed E-state index contributed by atoms with van der Waals surface area (Å²) < 4.78 is 0. The summed E-state index contributed by atoms with van der Waals surface area (Å²) in [6.45, 7) is 0.176. The molecule has 0 radical (unpaired) electrons. The van der Waals surface area contributed by atoms with Crippen LogP contribution in [0.5, 0.6) is 5.75 Å². The Balaban J connectivity index is 1.74. The Kier molecular flexibility index (Phi) is 12.4. The maximum atomic E-state index is 13.5.